The summed E-state index contributed by atoms with van der Waals surface area (Å²) >= 11 is 1.68. The van der Waals surface area contributed by atoms with E-state index in [1.54, 1.807) is 11.3 Å². The van der Waals surface area contributed by atoms with Gasteiger partial charge in [0.2, 0.25) is 0 Å². The van der Waals surface area contributed by atoms with Gasteiger partial charge in [0.15, 0.2) is 0 Å². The summed E-state index contributed by atoms with van der Waals surface area (Å²) in [6, 6.07) is 22.1. The lowest BCUT2D eigenvalue weighted by atomic mass is 10.0. The maximum Gasteiger partial charge on any atom is 0.121 e. The van der Waals surface area contributed by atoms with Crippen LogP contribution in [0.3, 0.4) is 0 Å². The second-order valence-electron chi connectivity index (χ2n) is 9.45. The van der Waals surface area contributed by atoms with E-state index in [0.717, 1.165) is 40.6 Å². The second-order valence-corrected chi connectivity index (χ2v) is 10.7. The molecule has 1 N–H and O–H groups in total. The number of ether oxygens (including phenoxy) is 1. The van der Waals surface area contributed by atoms with Crippen LogP contribution in [0.4, 0.5) is 0 Å². The van der Waals surface area contributed by atoms with Gasteiger partial charge in [-0.15, -0.1) is 11.3 Å². The number of fused-ring (bicyclic) bond motifs is 2. The molecule has 178 valence electrons. The standard InChI is InChI=1S/C28H33N3O2S/c1-19-16-31(20(2)23-9-8-22-6-4-5-7-24(22)14-23)13-12-30(19)17-25(32)18-33-26-10-11-28-27(15-26)29-21(3)34-28/h4-11,14-15,19-20,25,32H,12-13,16-18H2,1-3H3/t19-,20+,25+/m0/s1. The zero-order valence-corrected chi connectivity index (χ0v) is 21.0. The van der Waals surface area contributed by atoms with Crippen LogP contribution < -0.4 is 4.74 Å². The van der Waals surface area contributed by atoms with Crippen molar-refractivity contribution in [1.82, 2.24) is 14.8 Å². The second kappa shape index (κ2) is 10.0. The summed E-state index contributed by atoms with van der Waals surface area (Å²) in [6.07, 6.45) is -0.528. The fourth-order valence-corrected chi connectivity index (χ4v) is 5.76. The van der Waals surface area contributed by atoms with Gasteiger partial charge >= 0.3 is 0 Å². The van der Waals surface area contributed by atoms with E-state index in [1.807, 2.05) is 25.1 Å². The number of benzene rings is 3. The van der Waals surface area contributed by atoms with Crippen LogP contribution in [0.2, 0.25) is 0 Å². The Kier molecular flexibility index (Phi) is 6.84. The molecule has 0 amide bonds. The molecule has 1 aliphatic heterocycles. The van der Waals surface area contributed by atoms with Gasteiger partial charge in [0.25, 0.3) is 0 Å². The molecule has 5 rings (SSSR count). The molecule has 6 heteroatoms. The number of hydrogen-bond acceptors (Lipinski definition) is 6. The highest BCUT2D eigenvalue weighted by Crippen LogP contribution is 2.27. The third kappa shape index (κ3) is 5.10. The Morgan fingerprint density at radius 2 is 1.91 bits per heavy atom. The number of aromatic nitrogens is 1. The van der Waals surface area contributed by atoms with Crippen LogP contribution in [-0.2, 0) is 0 Å². The molecular formula is C28H33N3O2S. The van der Waals surface area contributed by atoms with Crippen molar-refractivity contribution in [3.63, 3.8) is 0 Å². The van der Waals surface area contributed by atoms with Gasteiger partial charge < -0.3 is 9.84 Å². The minimum atomic E-state index is -0.528. The zero-order chi connectivity index (χ0) is 23.7. The summed E-state index contributed by atoms with van der Waals surface area (Å²) in [5.74, 6) is 0.763. The van der Waals surface area contributed by atoms with Crippen LogP contribution in [0.25, 0.3) is 21.0 Å². The molecule has 1 aromatic heterocycles. The largest absolute Gasteiger partial charge is 0.491 e. The molecule has 1 saturated heterocycles. The number of piperazine rings is 1. The predicted molar refractivity (Wildman–Crippen MR) is 141 cm³/mol. The molecule has 2 heterocycles. The van der Waals surface area contributed by atoms with E-state index < -0.39 is 6.10 Å². The van der Waals surface area contributed by atoms with Crippen LogP contribution in [0.15, 0.2) is 60.7 Å². The van der Waals surface area contributed by atoms with Crippen LogP contribution in [-0.4, -0.2) is 64.8 Å². The molecular weight excluding hydrogens is 442 g/mol. The Labute approximate surface area is 205 Å². The Morgan fingerprint density at radius 1 is 1.09 bits per heavy atom. The van der Waals surface area contributed by atoms with Crippen molar-refractivity contribution in [2.75, 3.05) is 32.8 Å². The average Bonchev–Trinajstić information content (AvgIpc) is 3.22. The number of hydrogen-bond donors (Lipinski definition) is 1. The Hall–Kier alpha value is -2.51. The van der Waals surface area contributed by atoms with E-state index in [0.29, 0.717) is 18.6 Å². The van der Waals surface area contributed by atoms with Crippen molar-refractivity contribution in [2.45, 2.75) is 39.0 Å². The lowest BCUT2D eigenvalue weighted by molar-refractivity contribution is 0.0118. The quantitative estimate of drug-likeness (QED) is 0.395. The molecule has 4 aromatic rings. The van der Waals surface area contributed by atoms with E-state index in [-0.39, 0.29) is 6.61 Å². The van der Waals surface area contributed by atoms with Gasteiger partial charge in [-0.2, -0.15) is 0 Å². The van der Waals surface area contributed by atoms with Crippen molar-refractivity contribution in [1.29, 1.82) is 0 Å². The first-order chi connectivity index (χ1) is 16.5. The molecule has 1 aliphatic rings. The fourth-order valence-electron chi connectivity index (χ4n) is 4.95. The molecule has 0 saturated carbocycles. The zero-order valence-electron chi connectivity index (χ0n) is 20.1. The molecule has 1 fully saturated rings. The Balaban J connectivity index is 1.14. The molecule has 0 unspecified atom stereocenters. The summed E-state index contributed by atoms with van der Waals surface area (Å²) in [5, 5.41) is 14.3. The monoisotopic (exact) mass is 475 g/mol. The van der Waals surface area contributed by atoms with Crippen LogP contribution in [0.1, 0.15) is 30.5 Å². The molecule has 3 atom stereocenters. The molecule has 0 bridgehead atoms. The summed E-state index contributed by atoms with van der Waals surface area (Å²) in [5.41, 5.74) is 2.32. The van der Waals surface area contributed by atoms with E-state index in [9.17, 15) is 5.11 Å². The SMILES string of the molecule is Cc1nc2cc(OC[C@H](O)CN3CCN([C@H](C)c4ccc5ccccc5c4)C[C@@H]3C)ccc2s1. The van der Waals surface area contributed by atoms with Crippen LogP contribution >= 0.6 is 11.3 Å². The van der Waals surface area contributed by atoms with Crippen molar-refractivity contribution < 1.29 is 9.84 Å². The highest BCUT2D eigenvalue weighted by molar-refractivity contribution is 7.18. The summed E-state index contributed by atoms with van der Waals surface area (Å²) < 4.78 is 7.05. The average molecular weight is 476 g/mol. The Morgan fingerprint density at radius 3 is 2.74 bits per heavy atom. The number of rotatable bonds is 7. The number of β-amino-alcohol motifs (C(OH)–C–C–N with tert-alkyl or cyclic N) is 1. The number of aliphatic hydroxyl groups is 1. The van der Waals surface area contributed by atoms with Gasteiger partial charge in [0.05, 0.1) is 15.2 Å². The predicted octanol–water partition coefficient (Wildman–Crippen LogP) is 5.26. The number of thiazole rings is 1. The van der Waals surface area contributed by atoms with Crippen molar-refractivity contribution in [3.05, 3.63) is 71.2 Å². The van der Waals surface area contributed by atoms with Crippen LogP contribution in [0.5, 0.6) is 5.75 Å². The van der Waals surface area contributed by atoms with Gasteiger partial charge in [-0.25, -0.2) is 4.98 Å². The molecule has 0 spiro atoms. The van der Waals surface area contributed by atoms with Crippen molar-refractivity contribution in [3.8, 4) is 5.75 Å². The molecule has 34 heavy (non-hydrogen) atoms. The van der Waals surface area contributed by atoms with Gasteiger partial charge in [-0.3, -0.25) is 9.80 Å². The first-order valence-electron chi connectivity index (χ1n) is 12.1. The molecule has 0 aliphatic carbocycles. The van der Waals surface area contributed by atoms with E-state index in [1.165, 1.54) is 16.3 Å². The van der Waals surface area contributed by atoms with E-state index >= 15 is 0 Å². The van der Waals surface area contributed by atoms with E-state index in [4.69, 9.17) is 4.74 Å². The molecule has 0 radical (unpaired) electrons. The molecule has 5 nitrogen and oxygen atoms in total. The summed E-state index contributed by atoms with van der Waals surface area (Å²) in [6.45, 7) is 10.4. The first-order valence-corrected chi connectivity index (χ1v) is 12.9. The third-order valence-electron chi connectivity index (χ3n) is 6.95. The fraction of sp³-hybridized carbons (Fsp3) is 0.393. The maximum atomic E-state index is 10.7. The van der Waals surface area contributed by atoms with Gasteiger partial charge in [-0.05, 0) is 55.3 Å². The summed E-state index contributed by atoms with van der Waals surface area (Å²) in [4.78, 5) is 9.46. The number of aryl methyl sites for hydroxylation is 1. The van der Waals surface area contributed by atoms with E-state index in [2.05, 4.69) is 71.1 Å². The lowest BCUT2D eigenvalue weighted by Gasteiger charge is -2.43. The minimum absolute atomic E-state index is 0.287. The number of nitrogens with zero attached hydrogens (tertiary/aromatic N) is 3. The van der Waals surface area contributed by atoms with Crippen molar-refractivity contribution in [2.24, 2.45) is 0 Å². The Bertz CT molecular complexity index is 1270. The van der Waals surface area contributed by atoms with Crippen LogP contribution in [0, 0.1) is 6.92 Å². The van der Waals surface area contributed by atoms with Gasteiger partial charge in [0.1, 0.15) is 18.5 Å². The first kappa shape index (κ1) is 23.2. The highest BCUT2D eigenvalue weighted by atomic mass is 32.1. The smallest absolute Gasteiger partial charge is 0.121 e. The van der Waals surface area contributed by atoms with Crippen molar-refractivity contribution >= 4 is 32.3 Å². The maximum absolute atomic E-state index is 10.7. The summed E-state index contributed by atoms with van der Waals surface area (Å²) in [7, 11) is 0. The normalized spacial score (nSPS) is 19.5. The topological polar surface area (TPSA) is 48.8 Å². The van der Waals surface area contributed by atoms with Gasteiger partial charge in [-0.1, -0.05) is 36.4 Å². The lowest BCUT2D eigenvalue weighted by Crippen LogP contribution is -2.54. The minimum Gasteiger partial charge on any atom is -0.491 e. The highest BCUT2D eigenvalue weighted by Gasteiger charge is 2.28. The molecule has 3 aromatic carbocycles. The number of aliphatic hydroxyl groups excluding tert-OH is 1. The van der Waals surface area contributed by atoms with Gasteiger partial charge in [0, 0.05) is 44.3 Å². The third-order valence-corrected chi connectivity index (χ3v) is 7.91.